The predicted molar refractivity (Wildman–Crippen MR) is 156 cm³/mol. The van der Waals surface area contributed by atoms with E-state index in [1.807, 2.05) is 11.3 Å². The maximum atomic E-state index is 5.52. The first-order valence-electron chi connectivity index (χ1n) is 13.3. The molecule has 0 spiro atoms. The number of fused-ring (bicyclic) bond motifs is 6. The number of hydrogen-bond donors (Lipinski definition) is 0. The molecule has 0 saturated heterocycles. The Morgan fingerprint density at radius 2 is 1.27 bits per heavy atom. The monoisotopic (exact) mass is 496 g/mol. The molecule has 37 heavy (non-hydrogen) atoms. The first-order valence-corrected chi connectivity index (χ1v) is 14.1. The zero-order valence-electron chi connectivity index (χ0n) is 21.4. The molecule has 2 heterocycles. The van der Waals surface area contributed by atoms with Crippen molar-refractivity contribution in [2.24, 2.45) is 5.41 Å². The van der Waals surface area contributed by atoms with E-state index in [4.69, 9.17) is 9.97 Å². The minimum atomic E-state index is 0.0832. The number of nitrogens with zero attached hydrogens (tertiary/aromatic N) is 2. The van der Waals surface area contributed by atoms with Gasteiger partial charge in [-0.1, -0.05) is 93.6 Å². The molecule has 0 bridgehead atoms. The van der Waals surface area contributed by atoms with E-state index in [2.05, 4.69) is 106 Å². The predicted octanol–water partition coefficient (Wildman–Crippen LogP) is 9.51. The summed E-state index contributed by atoms with van der Waals surface area (Å²) >= 11 is 1.84. The minimum absolute atomic E-state index is 0.0832. The van der Waals surface area contributed by atoms with Gasteiger partial charge in [-0.25, -0.2) is 9.97 Å². The maximum absolute atomic E-state index is 5.52. The highest BCUT2D eigenvalue weighted by atomic mass is 32.1. The van der Waals surface area contributed by atoms with Gasteiger partial charge in [0.25, 0.3) is 0 Å². The van der Waals surface area contributed by atoms with Crippen LogP contribution >= 0.6 is 11.3 Å². The summed E-state index contributed by atoms with van der Waals surface area (Å²) in [5.74, 6) is 0.540. The van der Waals surface area contributed by atoms with Gasteiger partial charge in [0.05, 0.1) is 21.1 Å². The van der Waals surface area contributed by atoms with Gasteiger partial charge in [0.1, 0.15) is 11.0 Å². The lowest BCUT2D eigenvalue weighted by Crippen LogP contribution is -2.29. The second kappa shape index (κ2) is 7.26. The molecule has 1 saturated carbocycles. The Morgan fingerprint density at radius 3 is 1.84 bits per heavy atom. The molecule has 3 atom stereocenters. The van der Waals surface area contributed by atoms with Gasteiger partial charge in [-0.15, -0.1) is 11.3 Å². The van der Waals surface area contributed by atoms with Gasteiger partial charge >= 0.3 is 0 Å². The summed E-state index contributed by atoms with van der Waals surface area (Å²) in [6.45, 7) is 7.19. The highest BCUT2D eigenvalue weighted by Gasteiger charge is 2.69. The molecule has 2 aliphatic carbocycles. The second-order valence-electron chi connectivity index (χ2n) is 11.4. The fraction of sp³-hybridized carbons (Fsp3) is 0.235. The van der Waals surface area contributed by atoms with Gasteiger partial charge in [-0.05, 0) is 63.1 Å². The molecule has 180 valence electrons. The molecule has 3 heteroatoms. The van der Waals surface area contributed by atoms with Crippen molar-refractivity contribution in [2.75, 3.05) is 0 Å². The Labute approximate surface area is 221 Å². The second-order valence-corrected chi connectivity index (χ2v) is 12.4. The first-order chi connectivity index (χ1) is 18.0. The lowest BCUT2D eigenvalue weighted by Gasteiger charge is -2.31. The Bertz CT molecular complexity index is 1900. The lowest BCUT2D eigenvalue weighted by atomic mass is 9.73. The van der Waals surface area contributed by atoms with Crippen LogP contribution in [0.3, 0.4) is 0 Å². The largest absolute Gasteiger partial charge is 0.247 e. The quantitative estimate of drug-likeness (QED) is 0.244. The molecule has 2 nitrogen and oxygen atoms in total. The van der Waals surface area contributed by atoms with Crippen LogP contribution in [-0.4, -0.2) is 9.97 Å². The third-order valence-corrected chi connectivity index (χ3v) is 10.9. The topological polar surface area (TPSA) is 25.8 Å². The Hall–Kier alpha value is -3.56. The van der Waals surface area contributed by atoms with Crippen LogP contribution in [0.15, 0.2) is 84.9 Å². The number of thiophene rings is 1. The van der Waals surface area contributed by atoms with Gasteiger partial charge in [-0.2, -0.15) is 0 Å². The van der Waals surface area contributed by atoms with E-state index in [-0.39, 0.29) is 5.41 Å². The molecule has 0 radical (unpaired) electrons. The van der Waals surface area contributed by atoms with Crippen molar-refractivity contribution >= 4 is 43.9 Å². The van der Waals surface area contributed by atoms with Crippen molar-refractivity contribution in [3.8, 4) is 20.9 Å². The minimum Gasteiger partial charge on any atom is -0.247 e. The van der Waals surface area contributed by atoms with Crippen molar-refractivity contribution in [1.29, 1.82) is 0 Å². The molecule has 2 aliphatic rings. The standard InChI is InChI=1S/C34H28N2S/c1-4-33(2)32-27(26-19-34(26,33)3)35-28-29(36-32)31(25-16-14-21-10-6-8-12-23(21)18-25)37-30(28)24-15-13-20-9-5-7-11-22(20)17-24/h5-18,26H,4,19H2,1-3H3. The molecule has 0 aliphatic heterocycles. The summed E-state index contributed by atoms with van der Waals surface area (Å²) in [4.78, 5) is 13.5. The van der Waals surface area contributed by atoms with E-state index in [0.29, 0.717) is 11.3 Å². The highest BCUT2D eigenvalue weighted by Crippen LogP contribution is 2.75. The summed E-state index contributed by atoms with van der Waals surface area (Å²) in [5, 5.41) is 5.05. The van der Waals surface area contributed by atoms with Crippen molar-refractivity contribution in [3.05, 3.63) is 96.3 Å². The molecule has 0 amide bonds. The maximum Gasteiger partial charge on any atom is 0.108 e. The molecule has 6 aromatic rings. The van der Waals surface area contributed by atoms with Crippen LogP contribution in [0.25, 0.3) is 53.5 Å². The van der Waals surface area contributed by atoms with Gasteiger partial charge in [0, 0.05) is 11.3 Å². The zero-order valence-corrected chi connectivity index (χ0v) is 22.2. The Kier molecular flexibility index (Phi) is 4.22. The summed E-state index contributed by atoms with van der Waals surface area (Å²) in [6, 6.07) is 30.8. The molecule has 1 fully saturated rings. The summed E-state index contributed by atoms with van der Waals surface area (Å²) in [7, 11) is 0. The van der Waals surface area contributed by atoms with E-state index in [1.54, 1.807) is 0 Å². The molecule has 8 rings (SSSR count). The van der Waals surface area contributed by atoms with Crippen LogP contribution in [0.5, 0.6) is 0 Å². The average Bonchev–Trinajstić information content (AvgIpc) is 3.45. The number of rotatable bonds is 3. The van der Waals surface area contributed by atoms with Crippen molar-refractivity contribution in [1.82, 2.24) is 9.97 Å². The fourth-order valence-electron chi connectivity index (χ4n) is 6.88. The Balaban J connectivity index is 1.42. The number of aromatic nitrogens is 2. The van der Waals surface area contributed by atoms with Gasteiger partial charge in [-0.3, -0.25) is 0 Å². The summed E-state index contributed by atoms with van der Waals surface area (Å²) in [6.07, 6.45) is 2.33. The normalized spacial score (nSPS) is 24.0. The Morgan fingerprint density at radius 1 is 0.730 bits per heavy atom. The third kappa shape index (κ3) is 2.81. The first kappa shape index (κ1) is 21.5. The number of benzene rings is 4. The molecular weight excluding hydrogens is 468 g/mol. The number of hydrogen-bond acceptors (Lipinski definition) is 3. The third-order valence-electron chi connectivity index (χ3n) is 9.64. The van der Waals surface area contributed by atoms with Gasteiger partial charge < -0.3 is 0 Å². The molecular formula is C34H28N2S. The van der Waals surface area contributed by atoms with Crippen LogP contribution < -0.4 is 0 Å². The van der Waals surface area contributed by atoms with E-state index in [0.717, 1.165) is 17.5 Å². The zero-order chi connectivity index (χ0) is 24.9. The average molecular weight is 497 g/mol. The van der Waals surface area contributed by atoms with Crippen LogP contribution in [0, 0.1) is 5.41 Å². The molecule has 4 aromatic carbocycles. The van der Waals surface area contributed by atoms with Gasteiger partial charge in [0.15, 0.2) is 0 Å². The van der Waals surface area contributed by atoms with Crippen LogP contribution in [-0.2, 0) is 5.41 Å². The van der Waals surface area contributed by atoms with Crippen molar-refractivity contribution in [3.63, 3.8) is 0 Å². The van der Waals surface area contributed by atoms with E-state index >= 15 is 0 Å². The fourth-order valence-corrected chi connectivity index (χ4v) is 8.05. The van der Waals surface area contributed by atoms with Crippen LogP contribution in [0.4, 0.5) is 0 Å². The van der Waals surface area contributed by atoms with Crippen molar-refractivity contribution in [2.45, 2.75) is 44.9 Å². The highest BCUT2D eigenvalue weighted by molar-refractivity contribution is 7.20. The smallest absolute Gasteiger partial charge is 0.108 e. The van der Waals surface area contributed by atoms with Crippen LogP contribution in [0.1, 0.15) is 50.9 Å². The van der Waals surface area contributed by atoms with E-state index in [9.17, 15) is 0 Å². The summed E-state index contributed by atoms with van der Waals surface area (Å²) in [5.41, 5.74) is 7.45. The molecule has 3 unspecified atom stereocenters. The molecule has 0 N–H and O–H groups in total. The summed E-state index contributed by atoms with van der Waals surface area (Å²) < 4.78 is 0. The molecule has 2 aromatic heterocycles. The van der Waals surface area contributed by atoms with Crippen molar-refractivity contribution < 1.29 is 0 Å². The van der Waals surface area contributed by atoms with Crippen LogP contribution in [0.2, 0.25) is 0 Å². The lowest BCUT2D eigenvalue weighted by molar-refractivity contribution is 0.286. The van der Waals surface area contributed by atoms with E-state index < -0.39 is 0 Å². The van der Waals surface area contributed by atoms with Gasteiger partial charge in [0.2, 0.25) is 0 Å². The SMILES string of the molecule is CCC1(C)c2nc3c(-c4ccc5ccccc5c4)sc(-c4ccc5ccccc5c4)c3nc2C2CC21C. The van der Waals surface area contributed by atoms with E-state index in [1.165, 1.54) is 60.2 Å².